The van der Waals surface area contributed by atoms with Gasteiger partial charge in [-0.1, -0.05) is 36.4 Å². The van der Waals surface area contributed by atoms with Crippen molar-refractivity contribution in [2.75, 3.05) is 0 Å². The molecule has 2 aromatic carbocycles. The summed E-state index contributed by atoms with van der Waals surface area (Å²) in [5, 5.41) is 1.89. The molecule has 2 aromatic rings. The number of benzene rings is 2. The van der Waals surface area contributed by atoms with Crippen LogP contribution in [-0.4, -0.2) is 17.4 Å². The fourth-order valence-electron chi connectivity index (χ4n) is 2.39. The second-order valence-corrected chi connectivity index (χ2v) is 5.41. The summed E-state index contributed by atoms with van der Waals surface area (Å²) in [6.07, 6.45) is 0. The third-order valence-electron chi connectivity index (χ3n) is 3.31. The Morgan fingerprint density at radius 2 is 1.70 bits per heavy atom. The topological polar surface area (TPSA) is 43.4 Å². The lowest BCUT2D eigenvalue weighted by atomic mass is 9.89. The number of carbonyl (C=O) groups is 2. The lowest BCUT2D eigenvalue weighted by Crippen LogP contribution is -2.37. The van der Waals surface area contributed by atoms with E-state index in [4.69, 9.17) is 4.74 Å². The summed E-state index contributed by atoms with van der Waals surface area (Å²) < 4.78 is 5.17. The van der Waals surface area contributed by atoms with Gasteiger partial charge in [-0.3, -0.25) is 9.59 Å². The molecule has 0 aliphatic heterocycles. The Morgan fingerprint density at radius 1 is 1.05 bits per heavy atom. The molecule has 0 fully saturated rings. The molecule has 0 saturated carbocycles. The Bertz CT molecular complexity index is 684. The van der Waals surface area contributed by atoms with E-state index in [1.807, 2.05) is 43.3 Å². The molecule has 0 aliphatic rings. The molecule has 2 rings (SSSR count). The number of hydrogen-bond donors (Lipinski definition) is 0. The molecule has 3 nitrogen and oxygen atoms in total. The van der Waals surface area contributed by atoms with Gasteiger partial charge in [-0.2, -0.15) is 0 Å². The maximum Gasteiger partial charge on any atom is 0.303 e. The zero-order valence-electron chi connectivity index (χ0n) is 12.2. The van der Waals surface area contributed by atoms with E-state index in [0.717, 1.165) is 16.3 Å². The van der Waals surface area contributed by atoms with Gasteiger partial charge in [0.05, 0.1) is 0 Å². The van der Waals surface area contributed by atoms with E-state index in [-0.39, 0.29) is 5.78 Å². The van der Waals surface area contributed by atoms with Gasteiger partial charge < -0.3 is 4.74 Å². The van der Waals surface area contributed by atoms with Crippen LogP contribution in [-0.2, 0) is 9.53 Å². The monoisotopic (exact) mass is 270 g/mol. The van der Waals surface area contributed by atoms with Crippen molar-refractivity contribution in [1.82, 2.24) is 0 Å². The average molecular weight is 270 g/mol. The molecule has 0 saturated heterocycles. The molecular weight excluding hydrogens is 252 g/mol. The maximum absolute atomic E-state index is 12.8. The van der Waals surface area contributed by atoms with Crippen LogP contribution in [0.2, 0.25) is 0 Å². The quantitative estimate of drug-likeness (QED) is 0.631. The number of carbonyl (C=O) groups excluding carboxylic acids is 2. The van der Waals surface area contributed by atoms with Crippen molar-refractivity contribution in [2.45, 2.75) is 33.3 Å². The number of Topliss-reactive ketones (excluding diaryl/α,β-unsaturated/α-hetero) is 1. The Hall–Kier alpha value is -2.16. The molecule has 0 aliphatic carbocycles. The SMILES string of the molecule is CC(=O)OC(C)(C)C(=O)c1c(C)ccc2ccccc12. The third kappa shape index (κ3) is 2.57. The minimum absolute atomic E-state index is 0.179. The van der Waals surface area contributed by atoms with Crippen LogP contribution in [0.4, 0.5) is 0 Å². The summed E-state index contributed by atoms with van der Waals surface area (Å²) in [4.78, 5) is 23.9. The first-order chi connectivity index (χ1) is 9.33. The van der Waals surface area contributed by atoms with E-state index in [1.165, 1.54) is 6.92 Å². The van der Waals surface area contributed by atoms with Crippen LogP contribution in [0.3, 0.4) is 0 Å². The van der Waals surface area contributed by atoms with Gasteiger partial charge in [0.1, 0.15) is 0 Å². The van der Waals surface area contributed by atoms with Crippen molar-refractivity contribution in [3.05, 3.63) is 47.5 Å². The summed E-state index contributed by atoms with van der Waals surface area (Å²) in [7, 11) is 0. The molecule has 0 N–H and O–H groups in total. The lowest BCUT2D eigenvalue weighted by Gasteiger charge is -2.24. The first kappa shape index (κ1) is 14.3. The standard InChI is InChI=1S/C17H18O3/c1-11-9-10-13-7-5-6-8-14(13)15(11)16(19)17(3,4)20-12(2)18/h5-10H,1-4H3. The van der Waals surface area contributed by atoms with Crippen molar-refractivity contribution >= 4 is 22.5 Å². The van der Waals surface area contributed by atoms with E-state index in [1.54, 1.807) is 13.8 Å². The zero-order chi connectivity index (χ0) is 14.9. The van der Waals surface area contributed by atoms with Gasteiger partial charge in [0.25, 0.3) is 0 Å². The van der Waals surface area contributed by atoms with Gasteiger partial charge in [-0.25, -0.2) is 0 Å². The zero-order valence-corrected chi connectivity index (χ0v) is 12.2. The minimum Gasteiger partial charge on any atom is -0.451 e. The summed E-state index contributed by atoms with van der Waals surface area (Å²) in [6.45, 7) is 6.45. The second-order valence-electron chi connectivity index (χ2n) is 5.41. The van der Waals surface area contributed by atoms with E-state index in [0.29, 0.717) is 5.56 Å². The number of hydrogen-bond acceptors (Lipinski definition) is 3. The molecule has 104 valence electrons. The molecule has 0 amide bonds. The van der Waals surface area contributed by atoms with E-state index < -0.39 is 11.6 Å². The normalized spacial score (nSPS) is 11.4. The van der Waals surface area contributed by atoms with E-state index in [9.17, 15) is 9.59 Å². The fourth-order valence-corrected chi connectivity index (χ4v) is 2.39. The number of ether oxygens (including phenoxy) is 1. The van der Waals surface area contributed by atoms with Crippen molar-refractivity contribution in [3.63, 3.8) is 0 Å². The van der Waals surface area contributed by atoms with Crippen molar-refractivity contribution < 1.29 is 14.3 Å². The average Bonchev–Trinajstić information content (AvgIpc) is 2.36. The second kappa shape index (κ2) is 5.08. The Balaban J connectivity index is 2.60. The number of rotatable bonds is 3. The van der Waals surface area contributed by atoms with Crippen LogP contribution in [0.1, 0.15) is 36.7 Å². The Kier molecular flexibility index (Phi) is 3.62. The number of ketones is 1. The van der Waals surface area contributed by atoms with Gasteiger partial charge >= 0.3 is 5.97 Å². The van der Waals surface area contributed by atoms with Crippen LogP contribution < -0.4 is 0 Å². The fraction of sp³-hybridized carbons (Fsp3) is 0.294. The lowest BCUT2D eigenvalue weighted by molar-refractivity contribution is -0.149. The molecule has 0 bridgehead atoms. The van der Waals surface area contributed by atoms with Gasteiger partial charge in [0.2, 0.25) is 5.78 Å². The highest BCUT2D eigenvalue weighted by Crippen LogP contribution is 2.27. The van der Waals surface area contributed by atoms with Gasteiger partial charge in [-0.05, 0) is 37.1 Å². The molecule has 3 heteroatoms. The predicted molar refractivity (Wildman–Crippen MR) is 78.9 cm³/mol. The molecule has 0 atom stereocenters. The number of aryl methyl sites for hydroxylation is 1. The molecule has 0 spiro atoms. The van der Waals surface area contributed by atoms with Crippen LogP contribution >= 0.6 is 0 Å². The van der Waals surface area contributed by atoms with Gasteiger partial charge in [0.15, 0.2) is 5.60 Å². The van der Waals surface area contributed by atoms with Crippen molar-refractivity contribution in [1.29, 1.82) is 0 Å². The Labute approximate surface area is 118 Å². The van der Waals surface area contributed by atoms with Crippen LogP contribution in [0.5, 0.6) is 0 Å². The van der Waals surface area contributed by atoms with Crippen molar-refractivity contribution in [2.24, 2.45) is 0 Å². The summed E-state index contributed by atoms with van der Waals surface area (Å²) in [5.41, 5.74) is 0.337. The largest absolute Gasteiger partial charge is 0.451 e. The minimum atomic E-state index is -1.17. The molecule has 20 heavy (non-hydrogen) atoms. The summed E-state index contributed by atoms with van der Waals surface area (Å²) >= 11 is 0. The van der Waals surface area contributed by atoms with Crippen LogP contribution in [0, 0.1) is 6.92 Å². The molecule has 0 aromatic heterocycles. The Morgan fingerprint density at radius 3 is 2.35 bits per heavy atom. The van der Waals surface area contributed by atoms with Gasteiger partial charge in [-0.15, -0.1) is 0 Å². The van der Waals surface area contributed by atoms with Gasteiger partial charge in [0, 0.05) is 12.5 Å². The number of esters is 1. The molecule has 0 heterocycles. The predicted octanol–water partition coefficient (Wildman–Crippen LogP) is 3.67. The first-order valence-corrected chi connectivity index (χ1v) is 6.55. The highest BCUT2D eigenvalue weighted by molar-refractivity contribution is 6.13. The summed E-state index contributed by atoms with van der Waals surface area (Å²) in [5.74, 6) is -0.636. The molecular formula is C17H18O3. The highest BCUT2D eigenvalue weighted by atomic mass is 16.6. The van der Waals surface area contributed by atoms with Crippen LogP contribution in [0.15, 0.2) is 36.4 Å². The van der Waals surface area contributed by atoms with E-state index >= 15 is 0 Å². The molecule has 0 radical (unpaired) electrons. The molecule has 0 unspecified atom stereocenters. The third-order valence-corrected chi connectivity index (χ3v) is 3.31. The highest BCUT2D eigenvalue weighted by Gasteiger charge is 2.33. The maximum atomic E-state index is 12.8. The summed E-state index contributed by atoms with van der Waals surface area (Å²) in [6, 6.07) is 11.6. The van der Waals surface area contributed by atoms with Crippen LogP contribution in [0.25, 0.3) is 10.8 Å². The van der Waals surface area contributed by atoms with Crippen molar-refractivity contribution in [3.8, 4) is 0 Å². The number of fused-ring (bicyclic) bond motifs is 1. The first-order valence-electron chi connectivity index (χ1n) is 6.55. The smallest absolute Gasteiger partial charge is 0.303 e. The van der Waals surface area contributed by atoms with E-state index in [2.05, 4.69) is 0 Å².